The van der Waals surface area contributed by atoms with Crippen LogP contribution in [-0.2, 0) is 11.3 Å². The zero-order valence-corrected chi connectivity index (χ0v) is 12.6. The van der Waals surface area contributed by atoms with Gasteiger partial charge in [-0.2, -0.15) is 5.10 Å². The van der Waals surface area contributed by atoms with Gasteiger partial charge in [0.1, 0.15) is 4.47 Å². The van der Waals surface area contributed by atoms with Gasteiger partial charge < -0.3 is 15.2 Å². The molecule has 0 aliphatic rings. The Kier molecular flexibility index (Phi) is 7.69. The summed E-state index contributed by atoms with van der Waals surface area (Å²) in [6.07, 6.45) is 3.46. The second kappa shape index (κ2) is 9.06. The van der Waals surface area contributed by atoms with Crippen molar-refractivity contribution < 1.29 is 9.84 Å². The van der Waals surface area contributed by atoms with Crippen LogP contribution in [0.3, 0.4) is 0 Å². The minimum absolute atomic E-state index is 0.110. The molecule has 0 atom stereocenters. The van der Waals surface area contributed by atoms with Crippen molar-refractivity contribution in [3.63, 3.8) is 0 Å². The molecule has 0 saturated carbocycles. The summed E-state index contributed by atoms with van der Waals surface area (Å²) in [6.45, 7) is 4.36. The van der Waals surface area contributed by atoms with Gasteiger partial charge in [0, 0.05) is 19.8 Å². The van der Waals surface area contributed by atoms with Crippen molar-refractivity contribution in [3.05, 3.63) is 21.0 Å². The number of hydrogen-bond donors (Lipinski definition) is 2. The number of nitrogens with zero attached hydrogens (tertiary/aromatic N) is 2. The highest BCUT2D eigenvalue weighted by molar-refractivity contribution is 9.10. The highest BCUT2D eigenvalue weighted by Gasteiger charge is 2.07. The van der Waals surface area contributed by atoms with Crippen molar-refractivity contribution in [2.45, 2.75) is 26.3 Å². The lowest BCUT2D eigenvalue weighted by molar-refractivity contribution is 0.134. The molecule has 1 aromatic heterocycles. The van der Waals surface area contributed by atoms with E-state index in [4.69, 9.17) is 9.84 Å². The monoisotopic (exact) mass is 333 g/mol. The van der Waals surface area contributed by atoms with E-state index in [1.165, 1.54) is 4.68 Å². The summed E-state index contributed by atoms with van der Waals surface area (Å²) < 4.78 is 7.02. The van der Waals surface area contributed by atoms with E-state index in [1.807, 2.05) is 0 Å². The summed E-state index contributed by atoms with van der Waals surface area (Å²) in [5.41, 5.74) is 0.413. The van der Waals surface area contributed by atoms with E-state index in [2.05, 4.69) is 33.3 Å². The molecule has 1 rings (SSSR count). The summed E-state index contributed by atoms with van der Waals surface area (Å²) in [5.74, 6) is 0. The summed E-state index contributed by atoms with van der Waals surface area (Å²) in [5, 5.41) is 15.9. The zero-order valence-electron chi connectivity index (χ0n) is 11.1. The first-order valence-electron chi connectivity index (χ1n) is 6.38. The maximum absolute atomic E-state index is 11.8. The van der Waals surface area contributed by atoms with E-state index in [-0.39, 0.29) is 18.7 Å². The first-order valence-corrected chi connectivity index (χ1v) is 7.18. The molecule has 0 saturated heterocycles. The van der Waals surface area contributed by atoms with E-state index in [0.717, 1.165) is 19.4 Å². The number of rotatable bonds is 9. The average Bonchev–Trinajstić information content (AvgIpc) is 2.41. The highest BCUT2D eigenvalue weighted by atomic mass is 79.9. The third-order valence-corrected chi connectivity index (χ3v) is 3.19. The molecule has 108 valence electrons. The second-order valence-electron chi connectivity index (χ2n) is 4.02. The fourth-order valence-corrected chi connectivity index (χ4v) is 1.93. The van der Waals surface area contributed by atoms with Crippen molar-refractivity contribution in [3.8, 4) is 0 Å². The van der Waals surface area contributed by atoms with E-state index < -0.39 is 0 Å². The predicted molar refractivity (Wildman–Crippen MR) is 77.5 cm³/mol. The SMILES string of the molecule is CCCOCCCNc1cnn(CCO)c(=O)c1Br. The number of anilines is 1. The topological polar surface area (TPSA) is 76.4 Å². The molecule has 0 aliphatic heterocycles. The van der Waals surface area contributed by atoms with Crippen molar-refractivity contribution in [2.24, 2.45) is 0 Å². The smallest absolute Gasteiger partial charge is 0.283 e. The third kappa shape index (κ3) is 5.30. The Morgan fingerprint density at radius 1 is 1.53 bits per heavy atom. The fraction of sp³-hybridized carbons (Fsp3) is 0.667. The van der Waals surface area contributed by atoms with Gasteiger partial charge in [-0.05, 0) is 28.8 Å². The lowest BCUT2D eigenvalue weighted by atomic mass is 10.4. The van der Waals surface area contributed by atoms with Gasteiger partial charge in [-0.3, -0.25) is 4.79 Å². The first kappa shape index (κ1) is 16.1. The molecule has 0 spiro atoms. The van der Waals surface area contributed by atoms with Crippen LogP contribution in [-0.4, -0.2) is 41.3 Å². The Morgan fingerprint density at radius 3 is 3.00 bits per heavy atom. The van der Waals surface area contributed by atoms with Crippen LogP contribution < -0.4 is 10.9 Å². The Morgan fingerprint density at radius 2 is 2.32 bits per heavy atom. The maximum Gasteiger partial charge on any atom is 0.283 e. The van der Waals surface area contributed by atoms with Crippen LogP contribution in [0.15, 0.2) is 15.5 Å². The van der Waals surface area contributed by atoms with Crippen LogP contribution >= 0.6 is 15.9 Å². The van der Waals surface area contributed by atoms with Crippen LogP contribution in [0.4, 0.5) is 5.69 Å². The minimum Gasteiger partial charge on any atom is -0.394 e. The van der Waals surface area contributed by atoms with E-state index >= 15 is 0 Å². The third-order valence-electron chi connectivity index (χ3n) is 2.43. The van der Waals surface area contributed by atoms with Crippen LogP contribution in [0.1, 0.15) is 19.8 Å². The van der Waals surface area contributed by atoms with E-state index in [0.29, 0.717) is 23.3 Å². The van der Waals surface area contributed by atoms with Crippen LogP contribution in [0.5, 0.6) is 0 Å². The van der Waals surface area contributed by atoms with Gasteiger partial charge in [0.25, 0.3) is 5.56 Å². The molecule has 0 radical (unpaired) electrons. The molecule has 1 heterocycles. The molecule has 2 N–H and O–H groups in total. The van der Waals surface area contributed by atoms with Crippen molar-refractivity contribution >= 4 is 21.6 Å². The number of hydrogen-bond acceptors (Lipinski definition) is 5. The quantitative estimate of drug-likeness (QED) is 0.664. The predicted octanol–water partition coefficient (Wildman–Crippen LogP) is 1.23. The first-order chi connectivity index (χ1) is 9.20. The minimum atomic E-state index is -0.249. The number of halogens is 1. The highest BCUT2D eigenvalue weighted by Crippen LogP contribution is 2.15. The van der Waals surface area contributed by atoms with Crippen molar-refractivity contribution in [1.29, 1.82) is 0 Å². The largest absolute Gasteiger partial charge is 0.394 e. The maximum atomic E-state index is 11.8. The summed E-state index contributed by atoms with van der Waals surface area (Å²) >= 11 is 3.25. The normalized spacial score (nSPS) is 10.7. The van der Waals surface area contributed by atoms with E-state index in [1.54, 1.807) is 6.20 Å². The molecule has 0 fully saturated rings. The summed E-state index contributed by atoms with van der Waals surface area (Å²) in [4.78, 5) is 11.8. The zero-order chi connectivity index (χ0) is 14.1. The molecular weight excluding hydrogens is 314 g/mol. The standard InChI is InChI=1S/C12H20BrN3O3/c1-2-7-19-8-3-4-14-10-9-15-16(5-6-17)12(18)11(10)13/h9,14,17H,2-8H2,1H3. The molecule has 0 aromatic carbocycles. The fourth-order valence-electron chi connectivity index (χ4n) is 1.49. The number of ether oxygens (including phenoxy) is 1. The van der Waals surface area contributed by atoms with Gasteiger partial charge in [0.2, 0.25) is 0 Å². The van der Waals surface area contributed by atoms with E-state index in [9.17, 15) is 4.79 Å². The Labute approximate surface area is 120 Å². The lowest BCUT2D eigenvalue weighted by Gasteiger charge is -2.10. The molecule has 1 aromatic rings. The second-order valence-corrected chi connectivity index (χ2v) is 4.81. The Bertz CT molecular complexity index is 437. The molecule has 0 unspecified atom stereocenters. The van der Waals surface area contributed by atoms with Gasteiger partial charge in [-0.1, -0.05) is 6.92 Å². The molecular formula is C12H20BrN3O3. The summed E-state index contributed by atoms with van der Waals surface area (Å²) in [7, 11) is 0. The molecule has 0 bridgehead atoms. The molecule has 6 nitrogen and oxygen atoms in total. The van der Waals surface area contributed by atoms with Crippen LogP contribution in [0.2, 0.25) is 0 Å². The van der Waals surface area contributed by atoms with Gasteiger partial charge >= 0.3 is 0 Å². The number of aliphatic hydroxyl groups is 1. The molecule has 19 heavy (non-hydrogen) atoms. The summed E-state index contributed by atoms with van der Waals surface area (Å²) in [6, 6.07) is 0. The molecule has 7 heteroatoms. The van der Waals surface area contributed by atoms with Gasteiger partial charge in [-0.15, -0.1) is 0 Å². The van der Waals surface area contributed by atoms with Crippen LogP contribution in [0.25, 0.3) is 0 Å². The Balaban J connectivity index is 2.46. The Hall–Kier alpha value is -0.920. The number of aromatic nitrogens is 2. The van der Waals surface area contributed by atoms with Crippen molar-refractivity contribution in [1.82, 2.24) is 9.78 Å². The number of nitrogens with one attached hydrogen (secondary N) is 1. The van der Waals surface area contributed by atoms with Crippen LogP contribution in [0, 0.1) is 0 Å². The molecule has 0 amide bonds. The van der Waals surface area contributed by atoms with Crippen molar-refractivity contribution in [2.75, 3.05) is 31.7 Å². The average molecular weight is 334 g/mol. The molecule has 0 aliphatic carbocycles. The van der Waals surface area contributed by atoms with Gasteiger partial charge in [-0.25, -0.2) is 4.68 Å². The lowest BCUT2D eigenvalue weighted by Crippen LogP contribution is -2.26. The number of aliphatic hydroxyl groups excluding tert-OH is 1. The van der Waals surface area contributed by atoms with Gasteiger partial charge in [0.15, 0.2) is 0 Å². The van der Waals surface area contributed by atoms with Gasteiger partial charge in [0.05, 0.1) is 25.0 Å².